The minimum Gasteiger partial charge on any atom is -0.378 e. The Kier molecular flexibility index (Phi) is 4.44. The van der Waals surface area contributed by atoms with Crippen LogP contribution in [-0.2, 0) is 4.74 Å². The molecule has 2 rings (SSSR count). The first-order valence-electron chi connectivity index (χ1n) is 5.61. The molecule has 1 saturated heterocycles. The van der Waals surface area contributed by atoms with Gasteiger partial charge >= 0.3 is 0 Å². The Morgan fingerprint density at radius 3 is 2.89 bits per heavy atom. The molecule has 1 aliphatic rings. The molecule has 94 valence electrons. The average molecular weight is 355 g/mol. The molecular weight excluding hydrogens is 341 g/mol. The van der Waals surface area contributed by atoms with Gasteiger partial charge in [-0.05, 0) is 6.07 Å². The summed E-state index contributed by atoms with van der Waals surface area (Å²) in [5.74, 6) is 2.62. The molecule has 0 saturated carbocycles. The quantitative estimate of drug-likeness (QED) is 0.510. The van der Waals surface area contributed by atoms with Crippen LogP contribution in [0.4, 0.5) is 5.69 Å². The van der Waals surface area contributed by atoms with Crippen molar-refractivity contribution in [2.75, 3.05) is 31.2 Å². The lowest BCUT2D eigenvalue weighted by Crippen LogP contribution is -2.37. The number of halogens is 1. The van der Waals surface area contributed by atoms with E-state index < -0.39 is 0 Å². The van der Waals surface area contributed by atoms with Crippen molar-refractivity contribution < 1.29 is 4.74 Å². The van der Waals surface area contributed by atoms with Crippen molar-refractivity contribution in [3.63, 3.8) is 0 Å². The third kappa shape index (κ3) is 2.76. The lowest BCUT2D eigenvalue weighted by molar-refractivity contribution is 0.122. The lowest BCUT2D eigenvalue weighted by atomic mass is 10.1. The zero-order valence-electron chi connectivity index (χ0n) is 9.95. The number of terminal acetylenes is 1. The van der Waals surface area contributed by atoms with Gasteiger partial charge in [0.1, 0.15) is 5.69 Å². The third-order valence-electron chi connectivity index (χ3n) is 2.79. The highest BCUT2D eigenvalue weighted by atomic mass is 127. The number of nitrogens with one attached hydrogen (secondary N) is 1. The van der Waals surface area contributed by atoms with Gasteiger partial charge in [0.05, 0.1) is 47.5 Å². The van der Waals surface area contributed by atoms with Gasteiger partial charge in [-0.15, -0.1) is 6.42 Å². The first kappa shape index (κ1) is 13.2. The number of aromatic nitrogens is 1. The standard InChI is InChI=1S/C13H14IN3O/c1-3-11-8-12(17-4-6-18-7-5-17)13(15-9-11)10(2)16-14/h1,8-9,16H,2,4-7H2. The van der Waals surface area contributed by atoms with Crippen LogP contribution in [0.2, 0.25) is 0 Å². The normalized spacial score (nSPS) is 15.0. The van der Waals surface area contributed by atoms with Gasteiger partial charge in [-0.25, -0.2) is 0 Å². The molecule has 1 fully saturated rings. The van der Waals surface area contributed by atoms with Gasteiger partial charge in [-0.1, -0.05) is 12.5 Å². The van der Waals surface area contributed by atoms with Crippen LogP contribution in [0, 0.1) is 12.3 Å². The maximum Gasteiger partial charge on any atom is 0.110 e. The fraction of sp³-hybridized carbons (Fsp3) is 0.308. The smallest absolute Gasteiger partial charge is 0.110 e. The molecule has 1 N–H and O–H groups in total. The Bertz CT molecular complexity index is 489. The van der Waals surface area contributed by atoms with Crippen LogP contribution in [-0.4, -0.2) is 31.3 Å². The number of hydrogen-bond donors (Lipinski definition) is 1. The molecular formula is C13H14IN3O. The fourth-order valence-corrected chi connectivity index (χ4v) is 2.11. The first-order valence-corrected chi connectivity index (χ1v) is 6.69. The van der Waals surface area contributed by atoms with E-state index in [0.29, 0.717) is 0 Å². The number of ether oxygens (including phenoxy) is 1. The maximum atomic E-state index is 5.43. The van der Waals surface area contributed by atoms with E-state index in [0.717, 1.165) is 48.9 Å². The summed E-state index contributed by atoms with van der Waals surface area (Å²) < 4.78 is 8.36. The van der Waals surface area contributed by atoms with E-state index >= 15 is 0 Å². The van der Waals surface area contributed by atoms with Crippen LogP contribution in [0.5, 0.6) is 0 Å². The van der Waals surface area contributed by atoms with Gasteiger partial charge in [0, 0.05) is 24.8 Å². The van der Waals surface area contributed by atoms with Crippen LogP contribution in [0.3, 0.4) is 0 Å². The van der Waals surface area contributed by atoms with E-state index in [9.17, 15) is 0 Å². The van der Waals surface area contributed by atoms with E-state index in [-0.39, 0.29) is 0 Å². The van der Waals surface area contributed by atoms with Gasteiger partial charge < -0.3 is 13.2 Å². The van der Waals surface area contributed by atoms with Gasteiger partial charge in [-0.3, -0.25) is 4.98 Å². The minimum absolute atomic E-state index is 0.726. The molecule has 0 bridgehead atoms. The second-order valence-electron chi connectivity index (χ2n) is 3.91. The van der Waals surface area contributed by atoms with E-state index in [1.165, 1.54) is 0 Å². The number of hydrogen-bond acceptors (Lipinski definition) is 4. The van der Waals surface area contributed by atoms with E-state index in [2.05, 4.69) is 25.9 Å². The summed E-state index contributed by atoms with van der Waals surface area (Å²) in [6.07, 6.45) is 7.13. The highest BCUT2D eigenvalue weighted by Gasteiger charge is 2.17. The van der Waals surface area contributed by atoms with Crippen molar-refractivity contribution in [1.82, 2.24) is 8.51 Å². The summed E-state index contributed by atoms with van der Waals surface area (Å²) in [6.45, 7) is 7.10. The molecule has 0 radical (unpaired) electrons. The molecule has 1 aromatic rings. The zero-order chi connectivity index (χ0) is 13.0. The van der Waals surface area contributed by atoms with Crippen LogP contribution in [0.25, 0.3) is 5.70 Å². The Hall–Kier alpha value is -1.26. The van der Waals surface area contributed by atoms with E-state index in [4.69, 9.17) is 11.2 Å². The summed E-state index contributed by atoms with van der Waals surface area (Å²) in [6, 6.07) is 1.98. The number of anilines is 1. The molecule has 4 nitrogen and oxygen atoms in total. The molecule has 0 unspecified atom stereocenters. The van der Waals surface area contributed by atoms with Crippen molar-refractivity contribution in [3.8, 4) is 12.3 Å². The van der Waals surface area contributed by atoms with Gasteiger partial charge in [-0.2, -0.15) is 0 Å². The highest BCUT2D eigenvalue weighted by Crippen LogP contribution is 2.25. The SMILES string of the molecule is C#Cc1cnc(C(=C)NI)c(N2CCOCC2)c1. The van der Waals surface area contributed by atoms with Crippen molar-refractivity contribution >= 4 is 34.2 Å². The Morgan fingerprint density at radius 1 is 1.56 bits per heavy atom. The average Bonchev–Trinajstić information content (AvgIpc) is 2.46. The molecule has 0 aliphatic carbocycles. The summed E-state index contributed by atoms with van der Waals surface area (Å²) in [5.41, 5.74) is 3.41. The predicted molar refractivity (Wildman–Crippen MR) is 81.4 cm³/mol. The first-order chi connectivity index (χ1) is 8.76. The van der Waals surface area contributed by atoms with Crippen molar-refractivity contribution in [1.29, 1.82) is 0 Å². The van der Waals surface area contributed by atoms with E-state index in [1.54, 1.807) is 6.20 Å². The van der Waals surface area contributed by atoms with Crippen LogP contribution in [0.15, 0.2) is 18.8 Å². The number of rotatable bonds is 3. The Labute approximate surface area is 121 Å². The molecule has 2 heterocycles. The second-order valence-corrected chi connectivity index (χ2v) is 4.45. The van der Waals surface area contributed by atoms with Gasteiger partial charge in [0.25, 0.3) is 0 Å². The fourth-order valence-electron chi connectivity index (χ4n) is 1.85. The third-order valence-corrected chi connectivity index (χ3v) is 3.44. The molecule has 5 heteroatoms. The number of nitrogens with zero attached hydrogens (tertiary/aromatic N) is 2. The van der Waals surface area contributed by atoms with Gasteiger partial charge in [0.15, 0.2) is 0 Å². The second kappa shape index (κ2) is 6.07. The molecule has 0 aromatic carbocycles. The molecule has 1 aromatic heterocycles. The predicted octanol–water partition coefficient (Wildman–Crippen LogP) is 1.81. The monoisotopic (exact) mass is 355 g/mol. The van der Waals surface area contributed by atoms with Crippen molar-refractivity contribution in [3.05, 3.63) is 30.1 Å². The van der Waals surface area contributed by atoms with Crippen LogP contribution >= 0.6 is 22.9 Å². The highest BCUT2D eigenvalue weighted by molar-refractivity contribution is 14.1. The Morgan fingerprint density at radius 2 is 2.28 bits per heavy atom. The summed E-state index contributed by atoms with van der Waals surface area (Å²) in [5, 5.41) is 0. The number of morpholine rings is 1. The molecule has 0 amide bonds. The number of pyridine rings is 1. The molecule has 1 aliphatic heterocycles. The van der Waals surface area contributed by atoms with E-state index in [1.807, 2.05) is 28.9 Å². The largest absolute Gasteiger partial charge is 0.378 e. The zero-order valence-corrected chi connectivity index (χ0v) is 12.1. The molecule has 0 spiro atoms. The van der Waals surface area contributed by atoms with Crippen LogP contribution < -0.4 is 8.43 Å². The summed E-state index contributed by atoms with van der Waals surface area (Å²) >= 11 is 2.05. The van der Waals surface area contributed by atoms with Crippen molar-refractivity contribution in [2.45, 2.75) is 0 Å². The maximum absolute atomic E-state index is 5.43. The van der Waals surface area contributed by atoms with Gasteiger partial charge in [0.2, 0.25) is 0 Å². The summed E-state index contributed by atoms with van der Waals surface area (Å²) in [4.78, 5) is 6.63. The van der Waals surface area contributed by atoms with Crippen molar-refractivity contribution in [2.24, 2.45) is 0 Å². The minimum atomic E-state index is 0.726. The Balaban J connectivity index is 2.40. The molecule has 0 atom stereocenters. The summed E-state index contributed by atoms with van der Waals surface area (Å²) in [7, 11) is 0. The lowest BCUT2D eigenvalue weighted by Gasteiger charge is -2.30. The molecule has 18 heavy (non-hydrogen) atoms. The topological polar surface area (TPSA) is 37.4 Å². The van der Waals surface area contributed by atoms with Crippen LogP contribution in [0.1, 0.15) is 11.3 Å².